The Kier molecular flexibility index (Phi) is 3.39. The summed E-state index contributed by atoms with van der Waals surface area (Å²) < 4.78 is 31.1. The molecule has 2 nitrogen and oxygen atoms in total. The van der Waals surface area contributed by atoms with Crippen LogP contribution in [-0.4, -0.2) is 20.2 Å². The normalized spacial score (nSPS) is 20.4. The van der Waals surface area contributed by atoms with Crippen molar-refractivity contribution in [1.82, 2.24) is 5.32 Å². The third-order valence-electron chi connectivity index (χ3n) is 3.04. The van der Waals surface area contributed by atoms with Crippen LogP contribution in [-0.2, 0) is 0 Å². The predicted molar refractivity (Wildman–Crippen MR) is 58.2 cm³/mol. The number of hydrogen-bond acceptors (Lipinski definition) is 2. The van der Waals surface area contributed by atoms with Gasteiger partial charge in [-0.25, -0.2) is 8.78 Å². The number of hydrogen-bond donors (Lipinski definition) is 1. The Morgan fingerprint density at radius 2 is 2.25 bits per heavy atom. The SMILES string of the molecule is COc1cccc(C2CCNC2)c1C(F)F. The van der Waals surface area contributed by atoms with Gasteiger partial charge in [-0.15, -0.1) is 0 Å². The molecule has 0 aliphatic carbocycles. The second kappa shape index (κ2) is 4.78. The number of nitrogens with one attached hydrogen (secondary N) is 1. The summed E-state index contributed by atoms with van der Waals surface area (Å²) in [7, 11) is 1.43. The molecule has 0 spiro atoms. The van der Waals surface area contributed by atoms with E-state index in [0.717, 1.165) is 25.1 Å². The molecule has 0 amide bonds. The van der Waals surface area contributed by atoms with Gasteiger partial charge in [0.15, 0.2) is 0 Å². The average Bonchev–Trinajstić information content (AvgIpc) is 2.81. The van der Waals surface area contributed by atoms with Gasteiger partial charge in [0.25, 0.3) is 6.43 Å². The van der Waals surface area contributed by atoms with Crippen LogP contribution in [0.15, 0.2) is 18.2 Å². The van der Waals surface area contributed by atoms with Gasteiger partial charge in [0.05, 0.1) is 12.7 Å². The maximum atomic E-state index is 13.0. The van der Waals surface area contributed by atoms with Crippen LogP contribution in [0.5, 0.6) is 5.75 Å². The largest absolute Gasteiger partial charge is 0.496 e. The van der Waals surface area contributed by atoms with Gasteiger partial charge in [0.2, 0.25) is 0 Å². The van der Waals surface area contributed by atoms with Crippen molar-refractivity contribution in [3.05, 3.63) is 29.3 Å². The van der Waals surface area contributed by atoms with E-state index >= 15 is 0 Å². The summed E-state index contributed by atoms with van der Waals surface area (Å²) in [4.78, 5) is 0. The van der Waals surface area contributed by atoms with E-state index in [1.54, 1.807) is 18.2 Å². The van der Waals surface area contributed by atoms with Crippen LogP contribution in [0.2, 0.25) is 0 Å². The molecule has 2 rings (SSSR count). The lowest BCUT2D eigenvalue weighted by Gasteiger charge is -2.17. The topological polar surface area (TPSA) is 21.3 Å². The van der Waals surface area contributed by atoms with Gasteiger partial charge in [-0.05, 0) is 30.5 Å². The molecule has 1 aliphatic heterocycles. The maximum Gasteiger partial charge on any atom is 0.267 e. The highest BCUT2D eigenvalue weighted by atomic mass is 19.3. The van der Waals surface area contributed by atoms with Gasteiger partial charge >= 0.3 is 0 Å². The minimum absolute atomic E-state index is 0.0544. The van der Waals surface area contributed by atoms with E-state index in [9.17, 15) is 8.78 Å². The van der Waals surface area contributed by atoms with E-state index in [2.05, 4.69) is 5.32 Å². The molecule has 4 heteroatoms. The van der Waals surface area contributed by atoms with Crippen LogP contribution >= 0.6 is 0 Å². The van der Waals surface area contributed by atoms with E-state index in [1.165, 1.54) is 7.11 Å². The van der Waals surface area contributed by atoms with Crippen molar-refractivity contribution in [3.63, 3.8) is 0 Å². The van der Waals surface area contributed by atoms with E-state index in [0.29, 0.717) is 5.75 Å². The summed E-state index contributed by atoms with van der Waals surface area (Å²) in [6.45, 7) is 1.66. The number of alkyl halides is 2. The number of ether oxygens (including phenoxy) is 1. The van der Waals surface area contributed by atoms with Gasteiger partial charge in [-0.2, -0.15) is 0 Å². The highest BCUT2D eigenvalue weighted by molar-refractivity contribution is 5.43. The van der Waals surface area contributed by atoms with Crippen LogP contribution < -0.4 is 10.1 Å². The molecule has 1 fully saturated rings. The van der Waals surface area contributed by atoms with Gasteiger partial charge in [0.1, 0.15) is 5.75 Å². The molecule has 0 saturated carbocycles. The van der Waals surface area contributed by atoms with Crippen molar-refractivity contribution >= 4 is 0 Å². The van der Waals surface area contributed by atoms with Crippen molar-refractivity contribution in [1.29, 1.82) is 0 Å². The molecule has 1 aromatic carbocycles. The molecule has 0 radical (unpaired) electrons. The van der Waals surface area contributed by atoms with Crippen molar-refractivity contribution in [2.45, 2.75) is 18.8 Å². The predicted octanol–water partition coefficient (Wildman–Crippen LogP) is 2.71. The van der Waals surface area contributed by atoms with E-state index < -0.39 is 6.43 Å². The zero-order chi connectivity index (χ0) is 11.5. The summed E-state index contributed by atoms with van der Waals surface area (Å²) in [5, 5.41) is 3.19. The summed E-state index contributed by atoms with van der Waals surface area (Å²) >= 11 is 0. The summed E-state index contributed by atoms with van der Waals surface area (Å²) in [6, 6.07) is 5.15. The second-order valence-corrected chi connectivity index (χ2v) is 3.95. The van der Waals surface area contributed by atoms with Crippen molar-refractivity contribution in [2.24, 2.45) is 0 Å². The fourth-order valence-corrected chi connectivity index (χ4v) is 2.25. The summed E-state index contributed by atoms with van der Waals surface area (Å²) in [5.74, 6) is 0.471. The van der Waals surface area contributed by atoms with E-state index in [4.69, 9.17) is 4.74 Å². The Balaban J connectivity index is 2.42. The monoisotopic (exact) mass is 227 g/mol. The third-order valence-corrected chi connectivity index (χ3v) is 3.04. The van der Waals surface area contributed by atoms with Crippen LogP contribution in [0.25, 0.3) is 0 Å². The Hall–Kier alpha value is -1.16. The Labute approximate surface area is 93.6 Å². The first-order valence-corrected chi connectivity index (χ1v) is 5.39. The maximum absolute atomic E-state index is 13.0. The van der Waals surface area contributed by atoms with Gasteiger partial charge < -0.3 is 10.1 Å². The van der Waals surface area contributed by atoms with Gasteiger partial charge in [0, 0.05) is 6.54 Å². The van der Waals surface area contributed by atoms with Crippen LogP contribution in [0.4, 0.5) is 8.78 Å². The quantitative estimate of drug-likeness (QED) is 0.857. The first kappa shape index (κ1) is 11.3. The Bertz CT molecular complexity index is 362. The van der Waals surface area contributed by atoms with E-state index in [-0.39, 0.29) is 11.5 Å². The van der Waals surface area contributed by atoms with Crippen LogP contribution in [0, 0.1) is 0 Å². The molecule has 1 N–H and O–H groups in total. The molecule has 0 bridgehead atoms. The minimum atomic E-state index is -2.48. The van der Waals surface area contributed by atoms with Crippen LogP contribution in [0.1, 0.15) is 29.9 Å². The fourth-order valence-electron chi connectivity index (χ4n) is 2.25. The van der Waals surface area contributed by atoms with Crippen molar-refractivity contribution < 1.29 is 13.5 Å². The van der Waals surface area contributed by atoms with Crippen LogP contribution in [0.3, 0.4) is 0 Å². The second-order valence-electron chi connectivity index (χ2n) is 3.95. The zero-order valence-corrected chi connectivity index (χ0v) is 9.17. The zero-order valence-electron chi connectivity index (χ0n) is 9.17. The molecule has 88 valence electrons. The molecule has 1 heterocycles. The van der Waals surface area contributed by atoms with Gasteiger partial charge in [-0.1, -0.05) is 12.1 Å². The molecule has 1 unspecified atom stereocenters. The van der Waals surface area contributed by atoms with Crippen molar-refractivity contribution in [2.75, 3.05) is 20.2 Å². The summed E-state index contributed by atoms with van der Waals surface area (Å²) in [6.07, 6.45) is -1.57. The average molecular weight is 227 g/mol. The first-order valence-electron chi connectivity index (χ1n) is 5.39. The number of benzene rings is 1. The summed E-state index contributed by atoms with van der Waals surface area (Å²) in [5.41, 5.74) is 0.776. The molecule has 1 atom stereocenters. The minimum Gasteiger partial charge on any atom is -0.496 e. The highest BCUT2D eigenvalue weighted by Gasteiger charge is 2.25. The lowest BCUT2D eigenvalue weighted by Crippen LogP contribution is -2.10. The third kappa shape index (κ3) is 2.02. The lowest BCUT2D eigenvalue weighted by molar-refractivity contribution is 0.145. The lowest BCUT2D eigenvalue weighted by atomic mass is 9.93. The molecule has 1 aromatic rings. The first-order chi connectivity index (χ1) is 7.74. The molecule has 1 aliphatic rings. The van der Waals surface area contributed by atoms with Crippen molar-refractivity contribution in [3.8, 4) is 5.75 Å². The molecular formula is C12H15F2NO. The Morgan fingerprint density at radius 3 is 2.81 bits per heavy atom. The standard InChI is InChI=1S/C12H15F2NO/c1-16-10-4-2-3-9(11(10)12(13)14)8-5-6-15-7-8/h2-4,8,12,15H,5-7H2,1H3. The Morgan fingerprint density at radius 1 is 1.44 bits per heavy atom. The number of rotatable bonds is 3. The highest BCUT2D eigenvalue weighted by Crippen LogP contribution is 2.37. The molecular weight excluding hydrogens is 212 g/mol. The molecule has 16 heavy (non-hydrogen) atoms. The number of halogens is 2. The molecule has 1 saturated heterocycles. The van der Waals surface area contributed by atoms with E-state index in [1.807, 2.05) is 0 Å². The smallest absolute Gasteiger partial charge is 0.267 e. The fraction of sp³-hybridized carbons (Fsp3) is 0.500. The number of methoxy groups -OCH3 is 1. The molecule has 0 aromatic heterocycles. The van der Waals surface area contributed by atoms with Gasteiger partial charge in [-0.3, -0.25) is 0 Å².